The Morgan fingerprint density at radius 1 is 1.85 bits per heavy atom. The maximum atomic E-state index is 11.0. The lowest BCUT2D eigenvalue weighted by atomic mass is 10.4. The largest absolute Gasteiger partial charge is 0.342 e. The van der Waals surface area contributed by atoms with Crippen LogP contribution in [0.3, 0.4) is 0 Å². The molecule has 0 aliphatic heterocycles. The van der Waals surface area contributed by atoms with E-state index in [-0.39, 0.29) is 12.5 Å². The summed E-state index contributed by atoms with van der Waals surface area (Å²) >= 11 is 1.48. The molecule has 1 rings (SSSR count). The van der Waals surface area contributed by atoms with Crippen molar-refractivity contribution in [2.75, 3.05) is 6.54 Å². The zero-order chi connectivity index (χ0) is 9.52. The molecule has 1 heterocycles. The molecule has 4 heteroatoms. The average Bonchev–Trinajstić information content (AvgIpc) is 2.64. The van der Waals surface area contributed by atoms with Crippen LogP contribution in [0, 0.1) is 12.3 Å². The summed E-state index contributed by atoms with van der Waals surface area (Å²) < 4.78 is 0. The maximum Gasteiger partial charge on any atom is 0.244 e. The van der Waals surface area contributed by atoms with Crippen LogP contribution in [0.1, 0.15) is 5.69 Å². The molecule has 13 heavy (non-hydrogen) atoms. The van der Waals surface area contributed by atoms with E-state index >= 15 is 0 Å². The van der Waals surface area contributed by atoms with Crippen LogP contribution < -0.4 is 5.32 Å². The number of nitrogens with one attached hydrogen (secondary N) is 1. The van der Waals surface area contributed by atoms with Crippen LogP contribution in [0.25, 0.3) is 6.08 Å². The van der Waals surface area contributed by atoms with Gasteiger partial charge in [-0.05, 0) is 6.08 Å². The summed E-state index contributed by atoms with van der Waals surface area (Å²) in [5.74, 6) is 2.11. The molecule has 1 N–H and O–H groups in total. The van der Waals surface area contributed by atoms with Crippen molar-refractivity contribution in [3.05, 3.63) is 22.7 Å². The first-order valence-electron chi connectivity index (χ1n) is 3.60. The van der Waals surface area contributed by atoms with Crippen molar-refractivity contribution in [2.24, 2.45) is 0 Å². The van der Waals surface area contributed by atoms with Gasteiger partial charge in [-0.15, -0.1) is 17.8 Å². The highest BCUT2D eigenvalue weighted by molar-refractivity contribution is 7.07. The van der Waals surface area contributed by atoms with Crippen molar-refractivity contribution in [1.82, 2.24) is 10.3 Å². The molecule has 1 amide bonds. The van der Waals surface area contributed by atoms with E-state index in [4.69, 9.17) is 6.42 Å². The van der Waals surface area contributed by atoms with Crippen molar-refractivity contribution >= 4 is 23.3 Å². The Morgan fingerprint density at radius 2 is 2.69 bits per heavy atom. The first-order chi connectivity index (χ1) is 6.33. The molecule has 0 saturated heterocycles. The summed E-state index contributed by atoms with van der Waals surface area (Å²) in [5, 5.41) is 4.36. The predicted octanol–water partition coefficient (Wildman–Crippen LogP) is 0.906. The van der Waals surface area contributed by atoms with Gasteiger partial charge in [-0.2, -0.15) is 0 Å². The van der Waals surface area contributed by atoms with Gasteiger partial charge < -0.3 is 5.32 Å². The molecule has 0 spiro atoms. The Hall–Kier alpha value is -1.60. The monoisotopic (exact) mass is 192 g/mol. The molecular weight excluding hydrogens is 184 g/mol. The highest BCUT2D eigenvalue weighted by Crippen LogP contribution is 2.02. The number of hydrogen-bond acceptors (Lipinski definition) is 3. The Labute approximate surface area is 80.5 Å². The summed E-state index contributed by atoms with van der Waals surface area (Å²) in [6, 6.07) is 0. The SMILES string of the molecule is C#CCNC(=O)/C=C/c1cscn1. The van der Waals surface area contributed by atoms with Crippen LogP contribution in [0.4, 0.5) is 0 Å². The molecule has 0 unspecified atom stereocenters. The van der Waals surface area contributed by atoms with Gasteiger partial charge in [0, 0.05) is 11.5 Å². The van der Waals surface area contributed by atoms with Crippen LogP contribution >= 0.6 is 11.3 Å². The first-order valence-corrected chi connectivity index (χ1v) is 4.55. The number of carbonyl (C=O) groups excluding carboxylic acids is 1. The molecule has 0 aliphatic rings. The van der Waals surface area contributed by atoms with E-state index in [9.17, 15) is 4.79 Å². The van der Waals surface area contributed by atoms with Crippen molar-refractivity contribution in [2.45, 2.75) is 0 Å². The lowest BCUT2D eigenvalue weighted by Gasteiger charge is -1.92. The molecule has 66 valence electrons. The fourth-order valence-corrected chi connectivity index (χ4v) is 1.18. The molecule has 0 aromatic carbocycles. The third kappa shape index (κ3) is 3.54. The predicted molar refractivity (Wildman–Crippen MR) is 53.0 cm³/mol. The van der Waals surface area contributed by atoms with Crippen molar-refractivity contribution in [3.63, 3.8) is 0 Å². The second kappa shape index (κ2) is 5.12. The smallest absolute Gasteiger partial charge is 0.244 e. The van der Waals surface area contributed by atoms with Gasteiger partial charge in [0.25, 0.3) is 0 Å². The van der Waals surface area contributed by atoms with E-state index in [0.29, 0.717) is 0 Å². The van der Waals surface area contributed by atoms with E-state index in [2.05, 4.69) is 16.2 Å². The normalized spacial score (nSPS) is 9.77. The number of aromatic nitrogens is 1. The van der Waals surface area contributed by atoms with Crippen LogP contribution in [0.5, 0.6) is 0 Å². The molecule has 0 saturated carbocycles. The molecule has 0 radical (unpaired) electrons. The maximum absolute atomic E-state index is 11.0. The molecule has 3 nitrogen and oxygen atoms in total. The zero-order valence-corrected chi connectivity index (χ0v) is 7.67. The van der Waals surface area contributed by atoms with Crippen molar-refractivity contribution < 1.29 is 4.79 Å². The number of rotatable bonds is 3. The molecule has 0 aliphatic carbocycles. The number of terminal acetylenes is 1. The number of amides is 1. The van der Waals surface area contributed by atoms with E-state index in [0.717, 1.165) is 5.69 Å². The number of thiazole rings is 1. The van der Waals surface area contributed by atoms with Crippen LogP contribution in [-0.4, -0.2) is 17.4 Å². The lowest BCUT2D eigenvalue weighted by molar-refractivity contribution is -0.116. The number of carbonyl (C=O) groups is 1. The Morgan fingerprint density at radius 3 is 3.31 bits per heavy atom. The van der Waals surface area contributed by atoms with Gasteiger partial charge in [0.15, 0.2) is 0 Å². The first kappa shape index (κ1) is 9.49. The zero-order valence-electron chi connectivity index (χ0n) is 6.86. The number of hydrogen-bond donors (Lipinski definition) is 1. The van der Waals surface area contributed by atoms with Gasteiger partial charge >= 0.3 is 0 Å². The summed E-state index contributed by atoms with van der Waals surface area (Å²) in [6.07, 6.45) is 8.02. The Bertz CT molecular complexity index is 335. The quantitative estimate of drug-likeness (QED) is 0.571. The standard InChI is InChI=1S/C9H8N2OS/c1-2-5-10-9(12)4-3-8-6-13-7-11-8/h1,3-4,6-7H,5H2,(H,10,12)/b4-3+. The average molecular weight is 192 g/mol. The third-order valence-corrected chi connectivity index (χ3v) is 1.83. The Balaban J connectivity index is 2.41. The summed E-state index contributed by atoms with van der Waals surface area (Å²) in [5.41, 5.74) is 2.49. The fourth-order valence-electron chi connectivity index (χ4n) is 0.662. The van der Waals surface area contributed by atoms with Crippen LogP contribution in [0.2, 0.25) is 0 Å². The van der Waals surface area contributed by atoms with Gasteiger partial charge in [0.2, 0.25) is 5.91 Å². The summed E-state index contributed by atoms with van der Waals surface area (Å²) in [7, 11) is 0. The second-order valence-corrected chi connectivity index (χ2v) is 2.89. The van der Waals surface area contributed by atoms with Gasteiger partial charge in [-0.25, -0.2) is 4.98 Å². The minimum atomic E-state index is -0.203. The van der Waals surface area contributed by atoms with Gasteiger partial charge in [-0.3, -0.25) is 4.79 Å². The summed E-state index contributed by atoms with van der Waals surface area (Å²) in [6.45, 7) is 0.250. The highest BCUT2D eigenvalue weighted by atomic mass is 32.1. The molecular formula is C9H8N2OS. The fraction of sp³-hybridized carbons (Fsp3) is 0.111. The molecule has 0 bridgehead atoms. The number of nitrogens with zero attached hydrogens (tertiary/aromatic N) is 1. The van der Waals surface area contributed by atoms with E-state index in [1.54, 1.807) is 11.6 Å². The van der Waals surface area contributed by atoms with Gasteiger partial charge in [0.05, 0.1) is 17.7 Å². The molecule has 1 aromatic heterocycles. The molecule has 0 fully saturated rings. The van der Waals surface area contributed by atoms with Crippen LogP contribution in [-0.2, 0) is 4.79 Å². The van der Waals surface area contributed by atoms with Gasteiger partial charge in [0.1, 0.15) is 0 Å². The molecule has 1 aromatic rings. The van der Waals surface area contributed by atoms with Gasteiger partial charge in [-0.1, -0.05) is 5.92 Å². The minimum absolute atomic E-state index is 0.203. The minimum Gasteiger partial charge on any atom is -0.342 e. The highest BCUT2D eigenvalue weighted by Gasteiger charge is 1.92. The van der Waals surface area contributed by atoms with Crippen molar-refractivity contribution in [1.29, 1.82) is 0 Å². The lowest BCUT2D eigenvalue weighted by Crippen LogP contribution is -2.20. The van der Waals surface area contributed by atoms with Crippen LogP contribution in [0.15, 0.2) is 17.0 Å². The Kier molecular flexibility index (Phi) is 3.74. The second-order valence-electron chi connectivity index (χ2n) is 2.17. The molecule has 0 atom stereocenters. The topological polar surface area (TPSA) is 42.0 Å². The summed E-state index contributed by atoms with van der Waals surface area (Å²) in [4.78, 5) is 15.0. The van der Waals surface area contributed by atoms with E-state index < -0.39 is 0 Å². The van der Waals surface area contributed by atoms with Crippen molar-refractivity contribution in [3.8, 4) is 12.3 Å². The van der Waals surface area contributed by atoms with E-state index in [1.807, 2.05) is 5.38 Å². The van der Waals surface area contributed by atoms with E-state index in [1.165, 1.54) is 17.4 Å². The third-order valence-electron chi connectivity index (χ3n) is 1.22.